The lowest BCUT2D eigenvalue weighted by Gasteiger charge is -2.25. The molecule has 1 atom stereocenters. The van der Waals surface area contributed by atoms with Crippen molar-refractivity contribution in [1.82, 2.24) is 0 Å². The Hall–Kier alpha value is -1.47. The summed E-state index contributed by atoms with van der Waals surface area (Å²) in [5, 5.41) is 0. The minimum Gasteiger partial charge on any atom is -0.352 e. The predicted octanol–water partition coefficient (Wildman–Crippen LogP) is 4.55. The van der Waals surface area contributed by atoms with Gasteiger partial charge >= 0.3 is 10.4 Å². The monoisotopic (exact) mass is 370 g/mol. The molecule has 0 N–H and O–H groups in total. The van der Waals surface area contributed by atoms with Gasteiger partial charge in [-0.05, 0) is 32.1 Å². The molecule has 2 heterocycles. The van der Waals surface area contributed by atoms with E-state index in [1.54, 1.807) is 0 Å². The summed E-state index contributed by atoms with van der Waals surface area (Å²) in [7, 11) is -4.10. The second-order valence-corrected chi connectivity index (χ2v) is 7.75. The molecule has 0 aromatic heterocycles. The molecule has 1 aromatic carbocycles. The summed E-state index contributed by atoms with van der Waals surface area (Å²) in [4.78, 5) is 11.0. The van der Waals surface area contributed by atoms with E-state index in [0.717, 1.165) is 55.2 Å². The molecule has 0 fully saturated rings. The van der Waals surface area contributed by atoms with Crippen molar-refractivity contribution in [2.75, 3.05) is 0 Å². The molecule has 140 valence electrons. The number of fused-ring (bicyclic) bond motifs is 4. The number of rotatable bonds is 8. The number of hydrogen-bond acceptors (Lipinski definition) is 6. The molecule has 2 bridgehead atoms. The fourth-order valence-electron chi connectivity index (χ4n) is 3.39. The van der Waals surface area contributed by atoms with Gasteiger partial charge in [0.15, 0.2) is 17.2 Å². The molecule has 0 radical (unpaired) electrons. The van der Waals surface area contributed by atoms with Gasteiger partial charge in [-0.1, -0.05) is 40.0 Å². The van der Waals surface area contributed by atoms with Gasteiger partial charge in [0.05, 0.1) is 5.56 Å². The van der Waals surface area contributed by atoms with E-state index >= 15 is 0 Å². The molecular weight excluding hydrogens is 344 g/mol. The maximum absolute atomic E-state index is 12.1. The van der Waals surface area contributed by atoms with Crippen LogP contribution in [-0.2, 0) is 28.1 Å². The Kier molecular flexibility index (Phi) is 5.43. The average molecular weight is 370 g/mol. The minimum absolute atomic E-state index is 0.307. The van der Waals surface area contributed by atoms with Gasteiger partial charge in [0.2, 0.25) is 0 Å². The number of hydrogen-bond donors (Lipinski definition) is 0. The highest BCUT2D eigenvalue weighted by atomic mass is 32.3. The topological polar surface area (TPSA) is 71.1 Å². The third-order valence-electron chi connectivity index (χ3n) is 4.64. The van der Waals surface area contributed by atoms with Crippen LogP contribution >= 0.6 is 0 Å². The highest BCUT2D eigenvalue weighted by Gasteiger charge is 2.42. The fourth-order valence-corrected chi connectivity index (χ4v) is 4.23. The van der Waals surface area contributed by atoms with Gasteiger partial charge in [-0.15, -0.1) is 8.42 Å². The molecule has 0 spiro atoms. The summed E-state index contributed by atoms with van der Waals surface area (Å²) in [5.41, 5.74) is 2.35. The summed E-state index contributed by atoms with van der Waals surface area (Å²) >= 11 is 0. The molecule has 1 aromatic rings. The Morgan fingerprint density at radius 3 is 2.04 bits per heavy atom. The van der Waals surface area contributed by atoms with Crippen LogP contribution in [0.25, 0.3) is 0 Å². The first-order valence-corrected chi connectivity index (χ1v) is 10.5. The molecule has 0 saturated carbocycles. The van der Waals surface area contributed by atoms with E-state index in [1.807, 2.05) is 0 Å². The van der Waals surface area contributed by atoms with E-state index in [9.17, 15) is 8.42 Å². The van der Waals surface area contributed by atoms with Crippen LogP contribution in [-0.4, -0.2) is 8.42 Å². The summed E-state index contributed by atoms with van der Waals surface area (Å²) in [6.45, 7) is 6.25. The Balaban J connectivity index is 2.19. The maximum atomic E-state index is 12.1. The van der Waals surface area contributed by atoms with Crippen LogP contribution < -0.4 is 13.3 Å². The third-order valence-corrected chi connectivity index (χ3v) is 5.38. The molecule has 0 amide bonds. The van der Waals surface area contributed by atoms with Crippen molar-refractivity contribution in [3.05, 3.63) is 16.7 Å². The molecule has 0 aliphatic carbocycles. The van der Waals surface area contributed by atoms with E-state index in [2.05, 4.69) is 20.8 Å². The van der Waals surface area contributed by atoms with Crippen LogP contribution in [0.2, 0.25) is 0 Å². The lowest BCUT2D eigenvalue weighted by Crippen LogP contribution is -2.25. The zero-order valence-corrected chi connectivity index (χ0v) is 15.9. The third kappa shape index (κ3) is 3.44. The Morgan fingerprint density at radius 2 is 1.44 bits per heavy atom. The smallest absolute Gasteiger partial charge is 0.352 e. The maximum Gasteiger partial charge on any atom is 0.501 e. The van der Waals surface area contributed by atoms with Crippen LogP contribution in [0.5, 0.6) is 17.2 Å². The quantitative estimate of drug-likeness (QED) is 0.625. The first-order valence-electron chi connectivity index (χ1n) is 9.21. The van der Waals surface area contributed by atoms with Gasteiger partial charge in [-0.3, -0.25) is 0 Å². The molecule has 2 aliphatic heterocycles. The Morgan fingerprint density at radius 1 is 0.840 bits per heavy atom. The Bertz CT molecular complexity index is 741. The van der Waals surface area contributed by atoms with Crippen molar-refractivity contribution in [3.8, 4) is 17.2 Å². The molecule has 1 unspecified atom stereocenters. The van der Waals surface area contributed by atoms with Gasteiger partial charge in [-0.25, -0.2) is 0 Å². The molecule has 2 aliphatic rings. The lowest BCUT2D eigenvalue weighted by molar-refractivity contribution is -0.225. The van der Waals surface area contributed by atoms with Crippen molar-refractivity contribution in [2.24, 2.45) is 0 Å². The highest BCUT2D eigenvalue weighted by Crippen LogP contribution is 2.55. The van der Waals surface area contributed by atoms with Gasteiger partial charge in [0, 0.05) is 11.1 Å². The highest BCUT2D eigenvalue weighted by molar-refractivity contribution is 7.82. The van der Waals surface area contributed by atoms with Gasteiger partial charge in [-0.2, -0.15) is 4.89 Å². The van der Waals surface area contributed by atoms with Crippen molar-refractivity contribution in [3.63, 3.8) is 0 Å². The molecule has 7 heteroatoms. The van der Waals surface area contributed by atoms with Crippen LogP contribution in [0.15, 0.2) is 0 Å². The Labute approximate surface area is 149 Å². The lowest BCUT2D eigenvalue weighted by atomic mass is 9.91. The van der Waals surface area contributed by atoms with Gasteiger partial charge in [0.1, 0.15) is 6.10 Å². The van der Waals surface area contributed by atoms with Crippen molar-refractivity contribution < 1.29 is 26.6 Å². The van der Waals surface area contributed by atoms with Crippen molar-refractivity contribution in [1.29, 1.82) is 0 Å². The molecule has 3 rings (SSSR count). The zero-order chi connectivity index (χ0) is 18.0. The van der Waals surface area contributed by atoms with E-state index < -0.39 is 10.4 Å². The first-order chi connectivity index (χ1) is 12.0. The molecule has 25 heavy (non-hydrogen) atoms. The van der Waals surface area contributed by atoms with E-state index in [0.29, 0.717) is 30.1 Å². The van der Waals surface area contributed by atoms with Gasteiger partial charge < -0.3 is 13.3 Å². The largest absolute Gasteiger partial charge is 0.501 e. The van der Waals surface area contributed by atoms with Crippen LogP contribution in [0.1, 0.15) is 82.1 Å². The normalized spacial score (nSPS) is 19.7. The first kappa shape index (κ1) is 18.3. The summed E-state index contributed by atoms with van der Waals surface area (Å²) in [6, 6.07) is 0. The van der Waals surface area contributed by atoms with Gasteiger partial charge in [0.25, 0.3) is 0 Å². The fraction of sp³-hybridized carbons (Fsp3) is 0.667. The van der Waals surface area contributed by atoms with E-state index in [4.69, 9.17) is 18.1 Å². The number of unbranched alkanes of at least 4 members (excludes halogenated alkanes) is 2. The zero-order valence-electron chi connectivity index (χ0n) is 15.1. The van der Waals surface area contributed by atoms with Crippen molar-refractivity contribution >= 4 is 10.4 Å². The average Bonchev–Trinajstić information content (AvgIpc) is 2.96. The molecule has 6 nitrogen and oxygen atoms in total. The second kappa shape index (κ2) is 7.41. The summed E-state index contributed by atoms with van der Waals surface area (Å²) < 4.78 is 34.8. The van der Waals surface area contributed by atoms with Crippen LogP contribution in [0, 0.1) is 0 Å². The van der Waals surface area contributed by atoms with E-state index in [-0.39, 0.29) is 6.10 Å². The summed E-state index contributed by atoms with van der Waals surface area (Å²) in [6.07, 6.45) is 6.56. The van der Waals surface area contributed by atoms with E-state index in [1.165, 1.54) is 0 Å². The van der Waals surface area contributed by atoms with Crippen LogP contribution in [0.4, 0.5) is 0 Å². The second-order valence-electron chi connectivity index (χ2n) is 6.60. The predicted molar refractivity (Wildman–Crippen MR) is 93.2 cm³/mol. The SMILES string of the molecule is CCCCc1c2c(CCCC)c(c3c1OOC3CCC)OS(=O)(=O)O2. The number of benzene rings is 1. The van der Waals surface area contributed by atoms with Crippen molar-refractivity contribution in [2.45, 2.75) is 78.2 Å². The molecule has 0 saturated heterocycles. The molecular formula is C18H26O6S. The van der Waals surface area contributed by atoms with Crippen LogP contribution in [0.3, 0.4) is 0 Å². The summed E-state index contributed by atoms with van der Waals surface area (Å²) in [5.74, 6) is 1.34. The standard InChI is InChI=1S/C18H26O6S/c1-4-7-10-12-16-13(11-8-5-2)18(24-25(19,20)23-16)15-14(9-6-3)21-22-17(12)15/h14H,4-11H2,1-3H3. The minimum atomic E-state index is -4.10.